The molecule has 1 aromatic carbocycles. The lowest BCUT2D eigenvalue weighted by Crippen LogP contribution is -2.40. The standard InChI is InChI=1S/C21H29N3O3S/c1-4-17-5-7-18(8-6-17)21(16(2)3)23-20-10-9-19(15-22-20)28(25,26)24-11-13-27-14-12-24/h5-10,15-16,21H,4,11-14H2,1-3H3,(H,22,23)/p+1/t21-/m1/s1. The highest BCUT2D eigenvalue weighted by Crippen LogP contribution is 2.26. The number of benzene rings is 1. The Morgan fingerprint density at radius 2 is 1.79 bits per heavy atom. The second-order valence-corrected chi connectivity index (χ2v) is 9.35. The number of anilines is 1. The summed E-state index contributed by atoms with van der Waals surface area (Å²) in [4.78, 5) is 3.38. The largest absolute Gasteiger partial charge is 0.379 e. The van der Waals surface area contributed by atoms with Crippen molar-refractivity contribution in [2.75, 3.05) is 31.6 Å². The Kier molecular flexibility index (Phi) is 6.69. The number of aromatic amines is 1. The molecule has 1 aromatic heterocycles. The van der Waals surface area contributed by atoms with Crippen molar-refractivity contribution in [2.24, 2.45) is 5.92 Å². The van der Waals surface area contributed by atoms with Crippen molar-refractivity contribution in [1.29, 1.82) is 0 Å². The lowest BCUT2D eigenvalue weighted by molar-refractivity contribution is -0.364. The van der Waals surface area contributed by atoms with Gasteiger partial charge in [-0.3, -0.25) is 5.32 Å². The van der Waals surface area contributed by atoms with Gasteiger partial charge in [0.05, 0.1) is 13.2 Å². The third-order valence-electron chi connectivity index (χ3n) is 5.12. The van der Waals surface area contributed by atoms with Gasteiger partial charge >= 0.3 is 0 Å². The van der Waals surface area contributed by atoms with Crippen LogP contribution in [0.15, 0.2) is 47.5 Å². The molecule has 2 N–H and O–H groups in total. The van der Waals surface area contributed by atoms with E-state index in [1.54, 1.807) is 18.3 Å². The number of nitrogens with one attached hydrogen (secondary N) is 2. The number of ether oxygens (including phenoxy) is 1. The van der Waals surface area contributed by atoms with Crippen LogP contribution in [0.2, 0.25) is 0 Å². The number of H-pyrrole nitrogens is 1. The number of aryl methyl sites for hydroxylation is 1. The van der Waals surface area contributed by atoms with Crippen LogP contribution >= 0.6 is 0 Å². The van der Waals surface area contributed by atoms with Gasteiger partial charge < -0.3 is 4.74 Å². The third kappa shape index (κ3) is 4.71. The van der Waals surface area contributed by atoms with Crippen molar-refractivity contribution in [3.8, 4) is 0 Å². The maximum atomic E-state index is 12.7. The van der Waals surface area contributed by atoms with E-state index in [-0.39, 0.29) is 10.9 Å². The molecule has 2 heterocycles. The van der Waals surface area contributed by atoms with Crippen molar-refractivity contribution in [3.05, 3.63) is 53.7 Å². The van der Waals surface area contributed by atoms with E-state index in [0.717, 1.165) is 12.2 Å². The quantitative estimate of drug-likeness (QED) is 0.770. The van der Waals surface area contributed by atoms with Crippen LogP contribution in [0, 0.1) is 5.92 Å². The van der Waals surface area contributed by atoms with Crippen molar-refractivity contribution in [3.63, 3.8) is 0 Å². The normalized spacial score (nSPS) is 16.9. The number of pyridine rings is 1. The Balaban J connectivity index is 1.76. The minimum absolute atomic E-state index is 0.129. The molecule has 6 nitrogen and oxygen atoms in total. The maximum Gasteiger partial charge on any atom is 0.272 e. The molecule has 0 radical (unpaired) electrons. The van der Waals surface area contributed by atoms with Gasteiger partial charge in [0, 0.05) is 19.2 Å². The molecule has 152 valence electrons. The van der Waals surface area contributed by atoms with Crippen LogP contribution in [-0.4, -0.2) is 39.0 Å². The number of sulfonamides is 1. The summed E-state index contributed by atoms with van der Waals surface area (Å²) in [6.45, 7) is 8.15. The first-order chi connectivity index (χ1) is 13.4. The van der Waals surface area contributed by atoms with Crippen LogP contribution in [0.25, 0.3) is 0 Å². The van der Waals surface area contributed by atoms with Crippen LogP contribution in [0.3, 0.4) is 0 Å². The Morgan fingerprint density at radius 1 is 1.11 bits per heavy atom. The smallest absolute Gasteiger partial charge is 0.272 e. The molecule has 3 rings (SSSR count). The summed E-state index contributed by atoms with van der Waals surface area (Å²) in [6, 6.07) is 12.2. The second kappa shape index (κ2) is 9.03. The van der Waals surface area contributed by atoms with E-state index in [4.69, 9.17) is 4.74 Å². The first-order valence-electron chi connectivity index (χ1n) is 9.87. The molecule has 7 heteroatoms. The number of hydrogen-bond donors (Lipinski definition) is 1. The Labute approximate surface area is 168 Å². The van der Waals surface area contributed by atoms with Gasteiger partial charge in [0.2, 0.25) is 10.0 Å². The SMILES string of the molecule is CCc1ccc([C@H](Nc2ccc(S(=O)(=O)N3CCOCC3)c[nH+]2)C(C)C)cc1. The summed E-state index contributed by atoms with van der Waals surface area (Å²) in [5.74, 6) is 1.16. The number of rotatable bonds is 7. The average molecular weight is 405 g/mol. The molecule has 1 aliphatic heterocycles. The highest BCUT2D eigenvalue weighted by Gasteiger charge is 2.28. The van der Waals surface area contributed by atoms with Crippen LogP contribution < -0.4 is 10.3 Å². The van der Waals surface area contributed by atoms with Crippen molar-refractivity contribution < 1.29 is 18.1 Å². The van der Waals surface area contributed by atoms with Gasteiger partial charge in [0.25, 0.3) is 5.82 Å². The molecule has 0 aliphatic carbocycles. The Bertz CT molecular complexity index is 859. The van der Waals surface area contributed by atoms with Crippen LogP contribution in [0.5, 0.6) is 0 Å². The first kappa shape index (κ1) is 20.8. The molecule has 0 spiro atoms. The summed E-state index contributed by atoms with van der Waals surface area (Å²) < 4.78 is 32.2. The molecule has 1 aliphatic rings. The van der Waals surface area contributed by atoms with Crippen molar-refractivity contribution in [1.82, 2.24) is 4.31 Å². The maximum absolute atomic E-state index is 12.7. The zero-order chi connectivity index (χ0) is 20.1. The third-order valence-corrected chi connectivity index (χ3v) is 7.01. The predicted molar refractivity (Wildman–Crippen MR) is 110 cm³/mol. The van der Waals surface area contributed by atoms with Crippen LogP contribution in [0.1, 0.15) is 37.9 Å². The van der Waals surface area contributed by atoms with Gasteiger partial charge in [-0.25, -0.2) is 13.4 Å². The summed E-state index contributed by atoms with van der Waals surface area (Å²) in [5, 5.41) is 3.51. The van der Waals surface area contributed by atoms with Crippen LogP contribution in [-0.2, 0) is 21.2 Å². The fraction of sp³-hybridized carbons (Fsp3) is 0.476. The summed E-state index contributed by atoms with van der Waals surface area (Å²) in [5.41, 5.74) is 2.53. The van der Waals surface area contributed by atoms with Gasteiger partial charge in [-0.2, -0.15) is 4.31 Å². The molecule has 1 saturated heterocycles. The summed E-state index contributed by atoms with van der Waals surface area (Å²) in [6.07, 6.45) is 2.58. The Hall–Kier alpha value is -1.96. The van der Waals surface area contributed by atoms with E-state index in [1.807, 2.05) is 0 Å². The molecule has 0 saturated carbocycles. The fourth-order valence-electron chi connectivity index (χ4n) is 3.36. The zero-order valence-electron chi connectivity index (χ0n) is 16.8. The number of morpholine rings is 1. The van der Waals surface area contributed by atoms with E-state index in [0.29, 0.717) is 32.2 Å². The molecule has 0 bridgehead atoms. The summed E-state index contributed by atoms with van der Waals surface area (Å²) >= 11 is 0. The van der Waals surface area contributed by atoms with E-state index in [9.17, 15) is 8.42 Å². The number of hydrogen-bond acceptors (Lipinski definition) is 4. The highest BCUT2D eigenvalue weighted by atomic mass is 32.2. The lowest BCUT2D eigenvalue weighted by Gasteiger charge is -2.25. The van der Waals surface area contributed by atoms with Gasteiger partial charge in [-0.1, -0.05) is 45.0 Å². The monoisotopic (exact) mass is 404 g/mol. The van der Waals surface area contributed by atoms with Gasteiger partial charge in [0.15, 0.2) is 0 Å². The second-order valence-electron chi connectivity index (χ2n) is 7.42. The topological polar surface area (TPSA) is 72.8 Å². The fourth-order valence-corrected chi connectivity index (χ4v) is 4.74. The first-order valence-corrected chi connectivity index (χ1v) is 11.3. The number of aromatic nitrogens is 1. The Morgan fingerprint density at radius 3 is 2.32 bits per heavy atom. The number of nitrogens with zero attached hydrogens (tertiary/aromatic N) is 1. The van der Waals surface area contributed by atoms with E-state index in [2.05, 4.69) is 55.3 Å². The van der Waals surface area contributed by atoms with Crippen molar-refractivity contribution in [2.45, 2.75) is 38.1 Å². The highest BCUT2D eigenvalue weighted by molar-refractivity contribution is 7.89. The molecular formula is C21H30N3O3S+. The van der Waals surface area contributed by atoms with Crippen LogP contribution in [0.4, 0.5) is 5.82 Å². The molecule has 28 heavy (non-hydrogen) atoms. The zero-order valence-corrected chi connectivity index (χ0v) is 17.6. The van der Waals surface area contributed by atoms with Gasteiger partial charge in [-0.05, 0) is 29.5 Å². The van der Waals surface area contributed by atoms with Crippen molar-refractivity contribution >= 4 is 15.8 Å². The lowest BCUT2D eigenvalue weighted by atomic mass is 9.95. The minimum Gasteiger partial charge on any atom is -0.379 e. The van der Waals surface area contributed by atoms with Gasteiger partial charge in [-0.15, -0.1) is 0 Å². The predicted octanol–water partition coefficient (Wildman–Crippen LogP) is 2.89. The summed E-state index contributed by atoms with van der Waals surface area (Å²) in [7, 11) is -3.49. The average Bonchev–Trinajstić information content (AvgIpc) is 2.73. The van der Waals surface area contributed by atoms with E-state index >= 15 is 0 Å². The molecule has 1 fully saturated rings. The van der Waals surface area contributed by atoms with E-state index in [1.165, 1.54) is 15.4 Å². The molecule has 0 amide bonds. The molecule has 1 atom stereocenters. The minimum atomic E-state index is -3.49. The molecule has 0 unspecified atom stereocenters. The molecule has 2 aromatic rings. The molecular weight excluding hydrogens is 374 g/mol. The van der Waals surface area contributed by atoms with E-state index < -0.39 is 10.0 Å². The van der Waals surface area contributed by atoms with Gasteiger partial charge in [0.1, 0.15) is 17.1 Å².